The highest BCUT2D eigenvalue weighted by atomic mass is 32.2. The minimum absolute atomic E-state index is 0.0770. The molecule has 1 aliphatic heterocycles. The normalized spacial score (nSPS) is 17.3. The van der Waals surface area contributed by atoms with Crippen LogP contribution in [0.15, 0.2) is 78.0 Å². The van der Waals surface area contributed by atoms with Gasteiger partial charge in [0.05, 0.1) is 16.5 Å². The molecule has 1 fully saturated rings. The van der Waals surface area contributed by atoms with E-state index >= 15 is 0 Å². The fraction of sp³-hybridized carbons (Fsp3) is 0.217. The van der Waals surface area contributed by atoms with E-state index in [1.165, 1.54) is 46.8 Å². The van der Waals surface area contributed by atoms with Gasteiger partial charge in [0, 0.05) is 24.6 Å². The number of halogens is 1. The van der Waals surface area contributed by atoms with Crippen molar-refractivity contribution in [3.63, 3.8) is 0 Å². The van der Waals surface area contributed by atoms with Crippen LogP contribution in [0.3, 0.4) is 0 Å². The van der Waals surface area contributed by atoms with Crippen LogP contribution in [-0.4, -0.2) is 30.2 Å². The number of benzene rings is 2. The molecule has 0 radical (unpaired) electrons. The molecule has 1 amide bonds. The SMILES string of the molecule is O=C(Nc1ccc(S(=O)(=O)N2CCCC[C@H]2c2cccnc2)cc1)c1ccccc1F. The Morgan fingerprint density at radius 1 is 1.03 bits per heavy atom. The number of piperidine rings is 1. The first-order valence-electron chi connectivity index (χ1n) is 10.0. The van der Waals surface area contributed by atoms with E-state index < -0.39 is 21.7 Å². The van der Waals surface area contributed by atoms with E-state index in [-0.39, 0.29) is 16.5 Å². The van der Waals surface area contributed by atoms with Gasteiger partial charge in [-0.15, -0.1) is 0 Å². The van der Waals surface area contributed by atoms with E-state index in [1.807, 2.05) is 12.1 Å². The van der Waals surface area contributed by atoms with E-state index in [0.717, 1.165) is 24.8 Å². The molecule has 0 bridgehead atoms. The van der Waals surface area contributed by atoms with Gasteiger partial charge in [0.2, 0.25) is 10.0 Å². The van der Waals surface area contributed by atoms with Crippen molar-refractivity contribution < 1.29 is 17.6 Å². The van der Waals surface area contributed by atoms with Gasteiger partial charge in [-0.1, -0.05) is 24.6 Å². The number of aromatic nitrogens is 1. The summed E-state index contributed by atoms with van der Waals surface area (Å²) in [4.78, 5) is 16.6. The molecule has 0 saturated carbocycles. The highest BCUT2D eigenvalue weighted by Crippen LogP contribution is 2.35. The largest absolute Gasteiger partial charge is 0.322 e. The maximum atomic E-state index is 13.8. The van der Waals surface area contributed by atoms with E-state index in [4.69, 9.17) is 0 Å². The molecule has 1 saturated heterocycles. The van der Waals surface area contributed by atoms with Crippen LogP contribution in [0.1, 0.15) is 41.2 Å². The first-order valence-corrected chi connectivity index (χ1v) is 11.5. The average Bonchev–Trinajstić information content (AvgIpc) is 2.80. The lowest BCUT2D eigenvalue weighted by Gasteiger charge is -2.34. The third kappa shape index (κ3) is 4.50. The van der Waals surface area contributed by atoms with E-state index in [1.54, 1.807) is 18.5 Å². The highest BCUT2D eigenvalue weighted by molar-refractivity contribution is 7.89. The number of amides is 1. The molecule has 1 N–H and O–H groups in total. The van der Waals surface area contributed by atoms with Crippen LogP contribution in [0.25, 0.3) is 0 Å². The Morgan fingerprint density at radius 2 is 1.81 bits per heavy atom. The van der Waals surface area contributed by atoms with Gasteiger partial charge >= 0.3 is 0 Å². The van der Waals surface area contributed by atoms with Crippen molar-refractivity contribution in [3.8, 4) is 0 Å². The van der Waals surface area contributed by atoms with Gasteiger partial charge in [-0.3, -0.25) is 9.78 Å². The van der Waals surface area contributed by atoms with Crippen LogP contribution in [0.4, 0.5) is 10.1 Å². The maximum Gasteiger partial charge on any atom is 0.258 e. The summed E-state index contributed by atoms with van der Waals surface area (Å²) < 4.78 is 42.0. The van der Waals surface area contributed by atoms with Crippen LogP contribution >= 0.6 is 0 Å². The standard InChI is InChI=1S/C23H22FN3O3S/c24-21-8-2-1-7-20(21)23(28)26-18-10-12-19(13-11-18)31(29,30)27-15-4-3-9-22(27)17-6-5-14-25-16-17/h1-2,5-8,10-14,16,22H,3-4,9,15H2,(H,26,28)/t22-/m0/s1. The monoisotopic (exact) mass is 439 g/mol. The van der Waals surface area contributed by atoms with Crippen LogP contribution in [0, 0.1) is 5.82 Å². The predicted molar refractivity (Wildman–Crippen MR) is 116 cm³/mol. The van der Waals surface area contributed by atoms with Crippen molar-refractivity contribution in [3.05, 3.63) is 90.0 Å². The summed E-state index contributed by atoms with van der Waals surface area (Å²) in [6.45, 7) is 0.438. The molecule has 2 aromatic carbocycles. The predicted octanol–water partition coefficient (Wildman–Crippen LogP) is 4.39. The summed E-state index contributed by atoms with van der Waals surface area (Å²) in [6.07, 6.45) is 5.86. The maximum absolute atomic E-state index is 13.8. The molecule has 3 aromatic rings. The number of sulfonamides is 1. The van der Waals surface area contributed by atoms with Gasteiger partial charge in [0.15, 0.2) is 0 Å². The number of carbonyl (C=O) groups excluding carboxylic acids is 1. The topological polar surface area (TPSA) is 79.4 Å². The minimum atomic E-state index is -3.73. The van der Waals surface area contributed by atoms with E-state index in [2.05, 4.69) is 10.3 Å². The lowest BCUT2D eigenvalue weighted by molar-refractivity contribution is 0.102. The van der Waals surface area contributed by atoms with Crippen molar-refractivity contribution in [2.24, 2.45) is 0 Å². The number of carbonyl (C=O) groups is 1. The number of rotatable bonds is 5. The van der Waals surface area contributed by atoms with Gasteiger partial charge in [-0.25, -0.2) is 12.8 Å². The first-order chi connectivity index (χ1) is 15.0. The number of hydrogen-bond acceptors (Lipinski definition) is 4. The molecule has 1 aliphatic rings. The molecule has 4 rings (SSSR count). The quantitative estimate of drug-likeness (QED) is 0.640. The van der Waals surface area contributed by atoms with Crippen LogP contribution < -0.4 is 5.32 Å². The zero-order valence-corrected chi connectivity index (χ0v) is 17.6. The Kier molecular flexibility index (Phi) is 6.11. The zero-order chi connectivity index (χ0) is 21.8. The molecule has 8 heteroatoms. The van der Waals surface area contributed by atoms with Gasteiger partial charge in [0.25, 0.3) is 5.91 Å². The summed E-state index contributed by atoms with van der Waals surface area (Å²) in [5.74, 6) is -1.22. The van der Waals surface area contributed by atoms with E-state index in [0.29, 0.717) is 12.2 Å². The number of hydrogen-bond donors (Lipinski definition) is 1. The Bertz CT molecular complexity index is 1170. The average molecular weight is 440 g/mol. The summed E-state index contributed by atoms with van der Waals surface area (Å²) in [7, 11) is -3.73. The molecule has 2 heterocycles. The fourth-order valence-corrected chi connectivity index (χ4v) is 5.47. The van der Waals surface area contributed by atoms with Crippen LogP contribution in [0.2, 0.25) is 0 Å². The zero-order valence-electron chi connectivity index (χ0n) is 16.7. The lowest BCUT2D eigenvalue weighted by atomic mass is 9.99. The Hall–Kier alpha value is -3.10. The third-order valence-electron chi connectivity index (χ3n) is 5.36. The van der Waals surface area contributed by atoms with Crippen molar-refractivity contribution in [1.82, 2.24) is 9.29 Å². The second-order valence-electron chi connectivity index (χ2n) is 7.37. The molecule has 1 atom stereocenters. The van der Waals surface area contributed by atoms with Crippen LogP contribution in [0.5, 0.6) is 0 Å². The van der Waals surface area contributed by atoms with Gasteiger partial charge in [-0.05, 0) is 60.9 Å². The number of pyridine rings is 1. The highest BCUT2D eigenvalue weighted by Gasteiger charge is 2.34. The Labute approximate surface area is 180 Å². The Morgan fingerprint density at radius 3 is 2.52 bits per heavy atom. The molecule has 160 valence electrons. The van der Waals surface area contributed by atoms with Gasteiger partial charge in [0.1, 0.15) is 5.82 Å². The summed E-state index contributed by atoms with van der Waals surface area (Å²) >= 11 is 0. The second-order valence-corrected chi connectivity index (χ2v) is 9.26. The minimum Gasteiger partial charge on any atom is -0.322 e. The molecule has 6 nitrogen and oxygen atoms in total. The van der Waals surface area contributed by atoms with Crippen molar-refractivity contribution in [2.45, 2.75) is 30.2 Å². The number of anilines is 1. The van der Waals surface area contributed by atoms with Gasteiger partial charge in [-0.2, -0.15) is 4.31 Å². The number of nitrogens with one attached hydrogen (secondary N) is 1. The summed E-state index contributed by atoms with van der Waals surface area (Å²) in [5, 5.41) is 2.60. The Balaban J connectivity index is 1.55. The second kappa shape index (κ2) is 8.95. The van der Waals surface area contributed by atoms with Crippen molar-refractivity contribution in [1.29, 1.82) is 0 Å². The molecule has 0 spiro atoms. The number of nitrogens with zero attached hydrogens (tertiary/aromatic N) is 2. The van der Waals surface area contributed by atoms with Crippen molar-refractivity contribution in [2.75, 3.05) is 11.9 Å². The fourth-order valence-electron chi connectivity index (χ4n) is 3.79. The smallest absolute Gasteiger partial charge is 0.258 e. The molecule has 0 unspecified atom stereocenters. The van der Waals surface area contributed by atoms with Gasteiger partial charge < -0.3 is 5.32 Å². The summed E-state index contributed by atoms with van der Waals surface area (Å²) in [5.41, 5.74) is 1.18. The van der Waals surface area contributed by atoms with Crippen molar-refractivity contribution >= 4 is 21.6 Å². The third-order valence-corrected chi connectivity index (χ3v) is 7.28. The van der Waals surface area contributed by atoms with E-state index in [9.17, 15) is 17.6 Å². The molecular formula is C23H22FN3O3S. The molecular weight excluding hydrogens is 417 g/mol. The molecule has 31 heavy (non-hydrogen) atoms. The molecule has 0 aliphatic carbocycles. The van der Waals surface area contributed by atoms with Crippen LogP contribution in [-0.2, 0) is 10.0 Å². The molecule has 1 aromatic heterocycles. The first kappa shape index (κ1) is 21.1. The lowest BCUT2D eigenvalue weighted by Crippen LogP contribution is -2.38. The summed E-state index contributed by atoms with van der Waals surface area (Å²) in [6, 6.07) is 15.1.